The molecule has 13 heavy (non-hydrogen) atoms. The summed E-state index contributed by atoms with van der Waals surface area (Å²) in [6, 6.07) is 0. The smallest absolute Gasteiger partial charge is 0.310 e. The first-order chi connectivity index (χ1) is 6.25. The Bertz CT molecular complexity index is 317. The SMILES string of the molecule is O=C(O)Cc1ncc(C2CCC2)s1. The zero-order valence-electron chi connectivity index (χ0n) is 7.19. The van der Waals surface area contributed by atoms with Gasteiger partial charge in [0.15, 0.2) is 0 Å². The number of aromatic nitrogens is 1. The highest BCUT2D eigenvalue weighted by Crippen LogP contribution is 2.38. The first-order valence-corrected chi connectivity index (χ1v) is 5.24. The van der Waals surface area contributed by atoms with Gasteiger partial charge in [0, 0.05) is 11.1 Å². The van der Waals surface area contributed by atoms with Crippen molar-refractivity contribution in [3.05, 3.63) is 16.1 Å². The van der Waals surface area contributed by atoms with Crippen LogP contribution in [-0.2, 0) is 11.2 Å². The Kier molecular flexibility index (Phi) is 2.31. The van der Waals surface area contributed by atoms with E-state index in [1.807, 2.05) is 6.20 Å². The number of carbonyl (C=O) groups is 1. The van der Waals surface area contributed by atoms with Crippen LogP contribution >= 0.6 is 11.3 Å². The largest absolute Gasteiger partial charge is 0.481 e. The van der Waals surface area contributed by atoms with E-state index in [0.29, 0.717) is 5.92 Å². The highest BCUT2D eigenvalue weighted by Gasteiger charge is 2.21. The summed E-state index contributed by atoms with van der Waals surface area (Å²) in [5.41, 5.74) is 0. The minimum absolute atomic E-state index is 0.0669. The van der Waals surface area contributed by atoms with E-state index in [4.69, 9.17) is 5.11 Å². The lowest BCUT2D eigenvalue weighted by atomic mass is 9.85. The Morgan fingerprint density at radius 1 is 1.69 bits per heavy atom. The summed E-state index contributed by atoms with van der Waals surface area (Å²) >= 11 is 1.55. The van der Waals surface area contributed by atoms with E-state index in [-0.39, 0.29) is 6.42 Å². The Labute approximate surface area is 80.4 Å². The zero-order valence-corrected chi connectivity index (χ0v) is 8.01. The summed E-state index contributed by atoms with van der Waals surface area (Å²) in [6.07, 6.45) is 5.70. The van der Waals surface area contributed by atoms with E-state index in [2.05, 4.69) is 4.98 Å². The van der Waals surface area contributed by atoms with Crippen LogP contribution in [-0.4, -0.2) is 16.1 Å². The van der Waals surface area contributed by atoms with Crippen LogP contribution in [0.4, 0.5) is 0 Å². The maximum absolute atomic E-state index is 10.4. The summed E-state index contributed by atoms with van der Waals surface area (Å²) in [5.74, 6) is -0.130. The lowest BCUT2D eigenvalue weighted by Gasteiger charge is -2.23. The fourth-order valence-electron chi connectivity index (χ4n) is 1.42. The molecule has 0 radical (unpaired) electrons. The number of nitrogens with zero attached hydrogens (tertiary/aromatic N) is 1. The van der Waals surface area contributed by atoms with Gasteiger partial charge in [0.1, 0.15) is 5.01 Å². The fraction of sp³-hybridized carbons (Fsp3) is 0.556. The van der Waals surface area contributed by atoms with E-state index in [9.17, 15) is 4.79 Å². The summed E-state index contributed by atoms with van der Waals surface area (Å²) < 4.78 is 0. The molecule has 1 heterocycles. The summed E-state index contributed by atoms with van der Waals surface area (Å²) in [7, 11) is 0. The van der Waals surface area contributed by atoms with Gasteiger partial charge in [-0.3, -0.25) is 4.79 Å². The maximum atomic E-state index is 10.4. The zero-order chi connectivity index (χ0) is 9.26. The van der Waals surface area contributed by atoms with Crippen molar-refractivity contribution in [1.29, 1.82) is 0 Å². The third-order valence-electron chi connectivity index (χ3n) is 2.38. The number of rotatable bonds is 3. The van der Waals surface area contributed by atoms with Gasteiger partial charge in [-0.05, 0) is 18.8 Å². The monoisotopic (exact) mass is 197 g/mol. The van der Waals surface area contributed by atoms with E-state index >= 15 is 0 Å². The number of carboxylic acid groups (broad SMARTS) is 1. The number of aliphatic carboxylic acids is 1. The van der Waals surface area contributed by atoms with Crippen molar-refractivity contribution >= 4 is 17.3 Å². The Morgan fingerprint density at radius 3 is 3.00 bits per heavy atom. The van der Waals surface area contributed by atoms with Crippen molar-refractivity contribution in [2.75, 3.05) is 0 Å². The molecular formula is C9H11NO2S. The quantitative estimate of drug-likeness (QED) is 0.806. The van der Waals surface area contributed by atoms with Gasteiger partial charge in [-0.15, -0.1) is 11.3 Å². The van der Waals surface area contributed by atoms with Crippen molar-refractivity contribution < 1.29 is 9.90 Å². The molecule has 1 aromatic heterocycles. The molecule has 1 N–H and O–H groups in total. The topological polar surface area (TPSA) is 50.2 Å². The van der Waals surface area contributed by atoms with Crippen molar-refractivity contribution in [3.63, 3.8) is 0 Å². The van der Waals surface area contributed by atoms with Crippen LogP contribution in [0.3, 0.4) is 0 Å². The second-order valence-electron chi connectivity index (χ2n) is 3.35. The Hall–Kier alpha value is -0.900. The third kappa shape index (κ3) is 1.88. The van der Waals surface area contributed by atoms with Gasteiger partial charge in [0.05, 0.1) is 6.42 Å². The molecule has 1 saturated carbocycles. The Morgan fingerprint density at radius 2 is 2.46 bits per heavy atom. The molecule has 0 spiro atoms. The third-order valence-corrected chi connectivity index (χ3v) is 3.54. The molecule has 70 valence electrons. The van der Waals surface area contributed by atoms with Gasteiger partial charge < -0.3 is 5.11 Å². The highest BCUT2D eigenvalue weighted by molar-refractivity contribution is 7.11. The van der Waals surface area contributed by atoms with Crippen LogP contribution in [0.1, 0.15) is 35.1 Å². The van der Waals surface area contributed by atoms with Crippen LogP contribution in [0.2, 0.25) is 0 Å². The maximum Gasteiger partial charge on any atom is 0.310 e. The van der Waals surface area contributed by atoms with Gasteiger partial charge in [0.25, 0.3) is 0 Å². The van der Waals surface area contributed by atoms with Crippen molar-refractivity contribution in [2.24, 2.45) is 0 Å². The molecule has 0 bridgehead atoms. The molecular weight excluding hydrogens is 186 g/mol. The number of carboxylic acids is 1. The number of thiazole rings is 1. The molecule has 1 aliphatic carbocycles. The van der Waals surface area contributed by atoms with Crippen molar-refractivity contribution in [3.8, 4) is 0 Å². The molecule has 4 heteroatoms. The number of hydrogen-bond acceptors (Lipinski definition) is 3. The van der Waals surface area contributed by atoms with Crippen LogP contribution in [0.25, 0.3) is 0 Å². The molecule has 2 rings (SSSR count). The fourth-order valence-corrected chi connectivity index (χ4v) is 2.50. The van der Waals surface area contributed by atoms with Crippen LogP contribution in [0.5, 0.6) is 0 Å². The molecule has 0 atom stereocenters. The van der Waals surface area contributed by atoms with Crippen molar-refractivity contribution in [1.82, 2.24) is 4.98 Å². The van der Waals surface area contributed by atoms with E-state index in [1.54, 1.807) is 11.3 Å². The predicted molar refractivity (Wildman–Crippen MR) is 50.0 cm³/mol. The van der Waals surface area contributed by atoms with Gasteiger partial charge in [-0.2, -0.15) is 0 Å². The Balaban J connectivity index is 2.04. The average Bonchev–Trinajstić information content (AvgIpc) is 2.31. The molecule has 1 aromatic rings. The van der Waals surface area contributed by atoms with Crippen LogP contribution in [0, 0.1) is 0 Å². The molecule has 1 fully saturated rings. The predicted octanol–water partition coefficient (Wildman–Crippen LogP) is 2.04. The molecule has 0 saturated heterocycles. The first-order valence-electron chi connectivity index (χ1n) is 4.42. The lowest BCUT2D eigenvalue weighted by molar-refractivity contribution is -0.136. The second-order valence-corrected chi connectivity index (χ2v) is 4.50. The minimum Gasteiger partial charge on any atom is -0.481 e. The van der Waals surface area contributed by atoms with E-state index in [0.717, 1.165) is 5.01 Å². The number of hydrogen-bond donors (Lipinski definition) is 1. The molecule has 0 aromatic carbocycles. The summed E-state index contributed by atoms with van der Waals surface area (Å²) in [4.78, 5) is 15.8. The molecule has 1 aliphatic rings. The van der Waals surface area contributed by atoms with E-state index < -0.39 is 5.97 Å². The molecule has 3 nitrogen and oxygen atoms in total. The summed E-state index contributed by atoms with van der Waals surface area (Å²) in [5, 5.41) is 9.28. The molecule has 0 amide bonds. The van der Waals surface area contributed by atoms with Gasteiger partial charge in [-0.25, -0.2) is 4.98 Å². The minimum atomic E-state index is -0.797. The lowest BCUT2D eigenvalue weighted by Crippen LogP contribution is -2.06. The van der Waals surface area contributed by atoms with Gasteiger partial charge >= 0.3 is 5.97 Å². The van der Waals surface area contributed by atoms with Gasteiger partial charge in [-0.1, -0.05) is 6.42 Å². The average molecular weight is 197 g/mol. The van der Waals surface area contributed by atoms with Crippen molar-refractivity contribution in [2.45, 2.75) is 31.6 Å². The normalized spacial score (nSPS) is 16.9. The van der Waals surface area contributed by atoms with E-state index in [1.165, 1.54) is 24.1 Å². The second kappa shape index (κ2) is 3.46. The first kappa shape index (κ1) is 8.69. The standard InChI is InChI=1S/C9H11NO2S/c11-9(12)4-8-10-5-7(13-8)6-2-1-3-6/h5-6H,1-4H2,(H,11,12). The summed E-state index contributed by atoms with van der Waals surface area (Å²) in [6.45, 7) is 0. The van der Waals surface area contributed by atoms with Crippen LogP contribution in [0.15, 0.2) is 6.20 Å². The highest BCUT2D eigenvalue weighted by atomic mass is 32.1. The molecule has 0 unspecified atom stereocenters. The van der Waals surface area contributed by atoms with Gasteiger partial charge in [0.2, 0.25) is 0 Å². The van der Waals surface area contributed by atoms with Crippen LogP contribution < -0.4 is 0 Å². The molecule has 0 aliphatic heterocycles.